The van der Waals surface area contributed by atoms with E-state index in [0.29, 0.717) is 40.2 Å². The number of rotatable bonds is 11. The second-order valence-electron chi connectivity index (χ2n) is 10.1. The third-order valence-corrected chi connectivity index (χ3v) is 7.58. The van der Waals surface area contributed by atoms with E-state index in [1.807, 2.05) is 51.1 Å². The maximum absolute atomic E-state index is 13.2. The normalized spacial score (nSPS) is 14.2. The lowest BCUT2D eigenvalue weighted by molar-refractivity contribution is -0.110. The summed E-state index contributed by atoms with van der Waals surface area (Å²) in [5.74, 6) is -0.588. The van der Waals surface area contributed by atoms with Crippen LogP contribution in [0.15, 0.2) is 48.5 Å². The Balaban J connectivity index is 1.56. The number of carbonyl (C=O) groups is 3. The summed E-state index contributed by atoms with van der Waals surface area (Å²) in [5, 5.41) is 9.02. The van der Waals surface area contributed by atoms with E-state index in [1.54, 1.807) is 24.3 Å². The summed E-state index contributed by atoms with van der Waals surface area (Å²) in [6.07, 6.45) is 2.51. The van der Waals surface area contributed by atoms with Gasteiger partial charge in [0.2, 0.25) is 0 Å². The van der Waals surface area contributed by atoms with Crippen LogP contribution in [0.1, 0.15) is 82.0 Å². The smallest absolute Gasteiger partial charge is 0.256 e. The monoisotopic (exact) mass is 541 g/mol. The van der Waals surface area contributed by atoms with Crippen LogP contribution in [0.5, 0.6) is 0 Å². The number of carbonyl (C=O) groups excluding carboxylic acids is 3. The number of amides is 3. The summed E-state index contributed by atoms with van der Waals surface area (Å²) in [6, 6.07) is 15.0. The van der Waals surface area contributed by atoms with E-state index in [1.165, 1.54) is 0 Å². The second-order valence-corrected chi connectivity index (χ2v) is 10.1. The Kier molecular flexibility index (Phi) is 9.22. The lowest BCUT2D eigenvalue weighted by Crippen LogP contribution is -2.35. The molecule has 210 valence electrons. The molecule has 2 heterocycles. The van der Waals surface area contributed by atoms with Gasteiger partial charge in [-0.1, -0.05) is 51.1 Å². The first-order valence-electron chi connectivity index (χ1n) is 14.0. The molecule has 0 fully saturated rings. The number of likely N-dealkylation sites (N-methyl/N-ethyl adjacent to an activating group) is 1. The molecule has 0 saturated carbocycles. The zero-order valence-corrected chi connectivity index (χ0v) is 24.0. The molecule has 8 heteroatoms. The summed E-state index contributed by atoms with van der Waals surface area (Å²) in [7, 11) is 0. The van der Waals surface area contributed by atoms with Gasteiger partial charge in [0, 0.05) is 41.3 Å². The van der Waals surface area contributed by atoms with Crippen LogP contribution in [0.2, 0.25) is 0 Å². The molecular formula is C32H39N5O3. The average molecular weight is 542 g/mol. The van der Waals surface area contributed by atoms with Crippen LogP contribution in [-0.2, 0) is 4.79 Å². The summed E-state index contributed by atoms with van der Waals surface area (Å²) in [4.78, 5) is 44.7. The zero-order valence-electron chi connectivity index (χ0n) is 24.0. The van der Waals surface area contributed by atoms with Gasteiger partial charge in [0.15, 0.2) is 0 Å². The van der Waals surface area contributed by atoms with Crippen LogP contribution in [0.3, 0.4) is 0 Å². The van der Waals surface area contributed by atoms with Gasteiger partial charge in [0.05, 0.1) is 17.2 Å². The summed E-state index contributed by atoms with van der Waals surface area (Å²) >= 11 is 0. The fraction of sp³-hybridized carbons (Fsp3) is 0.344. The van der Waals surface area contributed by atoms with E-state index in [4.69, 9.17) is 0 Å². The van der Waals surface area contributed by atoms with Gasteiger partial charge in [-0.05, 0) is 68.8 Å². The number of aryl methyl sites for hydroxylation is 1. The fourth-order valence-corrected chi connectivity index (χ4v) is 5.18. The molecule has 2 aromatic carbocycles. The largest absolute Gasteiger partial charge is 0.358 e. The number of hydrogen-bond acceptors (Lipinski definition) is 4. The lowest BCUT2D eigenvalue weighted by atomic mass is 10.0. The molecule has 4 rings (SSSR count). The molecule has 0 aliphatic carbocycles. The van der Waals surface area contributed by atoms with Crippen LogP contribution in [-0.4, -0.2) is 53.8 Å². The summed E-state index contributed by atoms with van der Waals surface area (Å²) in [5.41, 5.74) is 6.06. The van der Waals surface area contributed by atoms with E-state index < -0.39 is 0 Å². The molecule has 3 aromatic rings. The predicted molar refractivity (Wildman–Crippen MR) is 160 cm³/mol. The quantitative estimate of drug-likeness (QED) is 0.254. The van der Waals surface area contributed by atoms with Crippen molar-refractivity contribution in [3.8, 4) is 0 Å². The molecule has 4 N–H and O–H groups in total. The van der Waals surface area contributed by atoms with Crippen molar-refractivity contribution in [2.75, 3.05) is 31.5 Å². The number of aromatic amines is 1. The van der Waals surface area contributed by atoms with Gasteiger partial charge in [0.1, 0.15) is 0 Å². The molecule has 1 aliphatic rings. The highest BCUT2D eigenvalue weighted by Gasteiger charge is 2.27. The van der Waals surface area contributed by atoms with Crippen LogP contribution < -0.4 is 16.0 Å². The van der Waals surface area contributed by atoms with Crippen molar-refractivity contribution in [1.82, 2.24) is 20.5 Å². The van der Waals surface area contributed by atoms with Crippen molar-refractivity contribution in [2.24, 2.45) is 0 Å². The van der Waals surface area contributed by atoms with Gasteiger partial charge in [0.25, 0.3) is 17.7 Å². The SMILES string of the molecule is CC[C@H](NC(=O)c1ccc2c(c1)/C(=C/c1[nH]c(C)c(C(=O)NCCN(CC)CC)c1C)C(=O)N2)c1ccccc1. The Morgan fingerprint density at radius 2 is 1.73 bits per heavy atom. The van der Waals surface area contributed by atoms with E-state index in [2.05, 4.69) is 39.7 Å². The Bertz CT molecular complexity index is 1420. The maximum atomic E-state index is 13.2. The molecule has 0 saturated heterocycles. The van der Waals surface area contributed by atoms with Gasteiger partial charge in [-0.2, -0.15) is 0 Å². The molecule has 0 radical (unpaired) electrons. The molecule has 0 bridgehead atoms. The van der Waals surface area contributed by atoms with Gasteiger partial charge in [-0.25, -0.2) is 0 Å². The Labute approximate surface area is 236 Å². The number of nitrogens with one attached hydrogen (secondary N) is 4. The Morgan fingerprint density at radius 1 is 1.00 bits per heavy atom. The summed E-state index contributed by atoms with van der Waals surface area (Å²) in [6.45, 7) is 13.2. The maximum Gasteiger partial charge on any atom is 0.256 e. The van der Waals surface area contributed by atoms with Crippen molar-refractivity contribution in [3.63, 3.8) is 0 Å². The molecule has 1 aliphatic heterocycles. The van der Waals surface area contributed by atoms with Crippen molar-refractivity contribution >= 4 is 35.1 Å². The minimum atomic E-state index is -0.250. The minimum Gasteiger partial charge on any atom is -0.358 e. The number of nitrogens with zero attached hydrogens (tertiary/aromatic N) is 1. The zero-order chi connectivity index (χ0) is 28.8. The van der Waals surface area contributed by atoms with Crippen LogP contribution in [0, 0.1) is 13.8 Å². The number of benzene rings is 2. The molecule has 8 nitrogen and oxygen atoms in total. The first-order valence-corrected chi connectivity index (χ1v) is 14.0. The highest BCUT2D eigenvalue weighted by molar-refractivity contribution is 6.35. The molecule has 1 atom stereocenters. The van der Waals surface area contributed by atoms with Crippen LogP contribution in [0.4, 0.5) is 5.69 Å². The van der Waals surface area contributed by atoms with Gasteiger partial charge < -0.3 is 25.8 Å². The van der Waals surface area contributed by atoms with E-state index >= 15 is 0 Å². The van der Waals surface area contributed by atoms with E-state index in [0.717, 1.165) is 42.9 Å². The van der Waals surface area contributed by atoms with E-state index in [9.17, 15) is 14.4 Å². The summed E-state index contributed by atoms with van der Waals surface area (Å²) < 4.78 is 0. The van der Waals surface area contributed by atoms with Gasteiger partial charge >= 0.3 is 0 Å². The van der Waals surface area contributed by atoms with Gasteiger partial charge in [-0.15, -0.1) is 0 Å². The molecule has 40 heavy (non-hydrogen) atoms. The number of aromatic nitrogens is 1. The number of H-pyrrole nitrogens is 1. The lowest BCUT2D eigenvalue weighted by Gasteiger charge is -2.18. The first-order chi connectivity index (χ1) is 19.3. The minimum absolute atomic E-state index is 0.113. The highest BCUT2D eigenvalue weighted by atomic mass is 16.2. The Morgan fingerprint density at radius 3 is 2.40 bits per heavy atom. The fourth-order valence-electron chi connectivity index (χ4n) is 5.18. The Hall–Kier alpha value is -4.17. The van der Waals surface area contributed by atoms with Crippen molar-refractivity contribution < 1.29 is 14.4 Å². The molecule has 0 spiro atoms. The van der Waals surface area contributed by atoms with Crippen molar-refractivity contribution in [3.05, 3.63) is 87.7 Å². The second kappa shape index (κ2) is 12.8. The molecule has 1 aromatic heterocycles. The van der Waals surface area contributed by atoms with E-state index in [-0.39, 0.29) is 23.8 Å². The molecule has 3 amide bonds. The van der Waals surface area contributed by atoms with Crippen molar-refractivity contribution in [1.29, 1.82) is 0 Å². The third kappa shape index (κ3) is 6.18. The van der Waals surface area contributed by atoms with Crippen molar-refractivity contribution in [2.45, 2.75) is 47.1 Å². The predicted octanol–water partition coefficient (Wildman–Crippen LogP) is 5.08. The molecular weight excluding hydrogens is 502 g/mol. The highest BCUT2D eigenvalue weighted by Crippen LogP contribution is 2.35. The standard InChI is InChI=1S/C32H39N5O3/c1-6-26(22-12-10-9-11-13-22)35-30(38)23-14-15-27-24(18-23)25(31(39)36-27)19-28-20(4)29(21(5)34-28)32(40)33-16-17-37(7-2)8-3/h9-15,18-19,26,34H,6-8,16-17H2,1-5H3,(H,33,40)(H,35,38)(H,36,39)/b25-19-/t26-/m0/s1. The number of anilines is 1. The van der Waals surface area contributed by atoms with Crippen LogP contribution >= 0.6 is 0 Å². The van der Waals surface area contributed by atoms with Gasteiger partial charge in [-0.3, -0.25) is 14.4 Å². The average Bonchev–Trinajstić information content (AvgIpc) is 3.43. The van der Waals surface area contributed by atoms with Crippen LogP contribution in [0.25, 0.3) is 11.6 Å². The topological polar surface area (TPSA) is 106 Å². The first kappa shape index (κ1) is 28.8. The molecule has 0 unspecified atom stereocenters. The number of hydrogen-bond donors (Lipinski definition) is 4. The number of fused-ring (bicyclic) bond motifs is 1. The third-order valence-electron chi connectivity index (χ3n) is 7.58.